The van der Waals surface area contributed by atoms with Crippen molar-refractivity contribution in [2.75, 3.05) is 7.11 Å². The number of aliphatic hydroxyl groups is 1. The number of nitrogens with one attached hydrogen (secondary N) is 1. The molecule has 0 aliphatic heterocycles. The third-order valence-corrected chi connectivity index (χ3v) is 3.41. The number of amides is 1. The zero-order chi connectivity index (χ0) is 16.2. The lowest BCUT2D eigenvalue weighted by Gasteiger charge is -2.20. The van der Waals surface area contributed by atoms with Gasteiger partial charge in [-0.3, -0.25) is 4.79 Å². The van der Waals surface area contributed by atoms with Crippen LogP contribution in [0.4, 0.5) is 0 Å². The van der Waals surface area contributed by atoms with Gasteiger partial charge in [0.1, 0.15) is 6.10 Å². The predicted octanol–water partition coefficient (Wildman–Crippen LogP) is 1.98. The molecule has 1 unspecified atom stereocenters. The maximum Gasteiger partial charge on any atom is 0.338 e. The van der Waals surface area contributed by atoms with E-state index in [1.807, 2.05) is 19.9 Å². The van der Waals surface area contributed by atoms with Gasteiger partial charge in [0, 0.05) is 0 Å². The average molecular weight is 293 g/mol. The average Bonchev–Trinajstić information content (AvgIpc) is 2.45. The summed E-state index contributed by atoms with van der Waals surface area (Å²) in [5.74, 6) is -0.918. The van der Waals surface area contributed by atoms with Gasteiger partial charge < -0.3 is 15.2 Å². The Bertz CT molecular complexity index is 525. The SMILES string of the molecule is COC(=O)c1ccc([C@H](C)NC(=O)C(O)C(C)C)cc1C. The molecule has 0 saturated carbocycles. The molecule has 5 heteroatoms. The maximum absolute atomic E-state index is 11.8. The minimum Gasteiger partial charge on any atom is -0.465 e. The van der Waals surface area contributed by atoms with Gasteiger partial charge >= 0.3 is 5.97 Å². The van der Waals surface area contributed by atoms with Crippen LogP contribution in [-0.2, 0) is 9.53 Å². The van der Waals surface area contributed by atoms with Crippen LogP contribution >= 0.6 is 0 Å². The molecule has 0 heterocycles. The number of carbonyl (C=O) groups is 2. The van der Waals surface area contributed by atoms with E-state index in [-0.39, 0.29) is 17.9 Å². The minimum atomic E-state index is -1.03. The molecule has 1 amide bonds. The van der Waals surface area contributed by atoms with E-state index in [0.717, 1.165) is 11.1 Å². The van der Waals surface area contributed by atoms with Crippen LogP contribution in [0.2, 0.25) is 0 Å². The highest BCUT2D eigenvalue weighted by atomic mass is 16.5. The molecule has 0 aliphatic carbocycles. The van der Waals surface area contributed by atoms with E-state index < -0.39 is 12.0 Å². The summed E-state index contributed by atoms with van der Waals surface area (Å²) in [6, 6.07) is 5.03. The minimum absolute atomic E-state index is 0.138. The fourth-order valence-corrected chi connectivity index (χ4v) is 1.98. The summed E-state index contributed by atoms with van der Waals surface area (Å²) in [5.41, 5.74) is 2.15. The van der Waals surface area contributed by atoms with Gasteiger partial charge in [0.25, 0.3) is 0 Å². The standard InChI is InChI=1S/C16H23NO4/c1-9(2)14(18)15(19)17-11(4)12-6-7-13(10(3)8-12)16(20)21-5/h6-9,11,14,18H,1-5H3,(H,17,19)/t11-,14?/m0/s1. The third kappa shape index (κ3) is 4.29. The van der Waals surface area contributed by atoms with E-state index in [1.165, 1.54) is 7.11 Å². The molecule has 5 nitrogen and oxygen atoms in total. The summed E-state index contributed by atoms with van der Waals surface area (Å²) < 4.78 is 4.70. The second-order valence-electron chi connectivity index (χ2n) is 5.49. The Morgan fingerprint density at radius 2 is 1.86 bits per heavy atom. The first-order valence-electron chi connectivity index (χ1n) is 6.95. The van der Waals surface area contributed by atoms with Gasteiger partial charge in [-0.15, -0.1) is 0 Å². The molecule has 2 atom stereocenters. The molecule has 1 aromatic rings. The molecular formula is C16H23NO4. The predicted molar refractivity (Wildman–Crippen MR) is 79.9 cm³/mol. The largest absolute Gasteiger partial charge is 0.465 e. The zero-order valence-corrected chi connectivity index (χ0v) is 13.1. The smallest absolute Gasteiger partial charge is 0.338 e. The monoisotopic (exact) mass is 293 g/mol. The van der Waals surface area contributed by atoms with Crippen LogP contribution < -0.4 is 5.32 Å². The van der Waals surface area contributed by atoms with E-state index in [1.54, 1.807) is 26.0 Å². The Morgan fingerprint density at radius 1 is 1.24 bits per heavy atom. The first kappa shape index (κ1) is 17.2. The molecule has 1 rings (SSSR count). The van der Waals surface area contributed by atoms with Crippen LogP contribution in [0.5, 0.6) is 0 Å². The summed E-state index contributed by atoms with van der Waals surface area (Å²) in [6.07, 6.45) is -1.03. The van der Waals surface area contributed by atoms with Crippen LogP contribution in [0.3, 0.4) is 0 Å². The third-order valence-electron chi connectivity index (χ3n) is 3.41. The second-order valence-corrected chi connectivity index (χ2v) is 5.49. The van der Waals surface area contributed by atoms with Crippen molar-refractivity contribution in [1.82, 2.24) is 5.32 Å². The summed E-state index contributed by atoms with van der Waals surface area (Å²) in [5, 5.41) is 12.5. The van der Waals surface area contributed by atoms with Gasteiger partial charge in [-0.25, -0.2) is 4.79 Å². The normalized spacial score (nSPS) is 13.7. The van der Waals surface area contributed by atoms with Crippen LogP contribution in [0.1, 0.15) is 48.3 Å². The Morgan fingerprint density at radius 3 is 2.33 bits per heavy atom. The van der Waals surface area contributed by atoms with E-state index in [9.17, 15) is 14.7 Å². The number of methoxy groups -OCH3 is 1. The molecule has 0 bridgehead atoms. The van der Waals surface area contributed by atoms with Crippen molar-refractivity contribution < 1.29 is 19.4 Å². The van der Waals surface area contributed by atoms with Crippen LogP contribution in [0, 0.1) is 12.8 Å². The molecule has 116 valence electrons. The number of aliphatic hydroxyl groups excluding tert-OH is 1. The number of hydrogen-bond acceptors (Lipinski definition) is 4. The van der Waals surface area contributed by atoms with Gasteiger partial charge in [0.15, 0.2) is 0 Å². The summed E-state index contributed by atoms with van der Waals surface area (Å²) in [7, 11) is 1.34. The number of aryl methyl sites for hydroxylation is 1. The number of esters is 1. The van der Waals surface area contributed by atoms with Crippen molar-refractivity contribution in [3.05, 3.63) is 34.9 Å². The van der Waals surface area contributed by atoms with Crippen molar-refractivity contribution in [2.24, 2.45) is 5.92 Å². The molecule has 0 aromatic heterocycles. The summed E-state index contributed by atoms with van der Waals surface area (Å²) in [4.78, 5) is 23.4. The first-order chi connectivity index (χ1) is 9.77. The van der Waals surface area contributed by atoms with Crippen molar-refractivity contribution in [2.45, 2.75) is 39.8 Å². The van der Waals surface area contributed by atoms with Crippen molar-refractivity contribution in [3.8, 4) is 0 Å². The lowest BCUT2D eigenvalue weighted by Crippen LogP contribution is -2.39. The van der Waals surface area contributed by atoms with E-state index in [2.05, 4.69) is 5.32 Å². The number of carbonyl (C=O) groups excluding carboxylic acids is 2. The molecule has 1 aromatic carbocycles. The van der Waals surface area contributed by atoms with Gasteiger partial charge in [-0.2, -0.15) is 0 Å². The molecule has 0 fully saturated rings. The van der Waals surface area contributed by atoms with Gasteiger partial charge in [-0.1, -0.05) is 26.0 Å². The molecule has 0 spiro atoms. The first-order valence-corrected chi connectivity index (χ1v) is 6.95. The number of hydrogen-bond donors (Lipinski definition) is 2. The molecule has 0 saturated heterocycles. The van der Waals surface area contributed by atoms with E-state index in [0.29, 0.717) is 5.56 Å². The highest BCUT2D eigenvalue weighted by molar-refractivity contribution is 5.91. The molecule has 0 radical (unpaired) electrons. The summed E-state index contributed by atoms with van der Waals surface area (Å²) in [6.45, 7) is 7.21. The molecule has 21 heavy (non-hydrogen) atoms. The van der Waals surface area contributed by atoms with Crippen LogP contribution in [0.25, 0.3) is 0 Å². The quantitative estimate of drug-likeness (QED) is 0.814. The van der Waals surface area contributed by atoms with E-state index >= 15 is 0 Å². The van der Waals surface area contributed by atoms with Gasteiger partial charge in [-0.05, 0) is 37.0 Å². The second kappa shape index (κ2) is 7.22. The Balaban J connectivity index is 2.84. The summed E-state index contributed by atoms with van der Waals surface area (Å²) >= 11 is 0. The molecular weight excluding hydrogens is 270 g/mol. The maximum atomic E-state index is 11.8. The Hall–Kier alpha value is -1.88. The van der Waals surface area contributed by atoms with Crippen molar-refractivity contribution >= 4 is 11.9 Å². The Labute approximate surface area is 125 Å². The lowest BCUT2D eigenvalue weighted by molar-refractivity contribution is -0.132. The Kier molecular flexibility index (Phi) is 5.90. The van der Waals surface area contributed by atoms with Crippen molar-refractivity contribution in [3.63, 3.8) is 0 Å². The fraction of sp³-hybridized carbons (Fsp3) is 0.500. The number of benzene rings is 1. The van der Waals surface area contributed by atoms with Gasteiger partial charge in [0.05, 0.1) is 18.7 Å². The molecule has 0 aliphatic rings. The highest BCUT2D eigenvalue weighted by Gasteiger charge is 2.21. The van der Waals surface area contributed by atoms with E-state index in [4.69, 9.17) is 4.74 Å². The topological polar surface area (TPSA) is 75.6 Å². The zero-order valence-electron chi connectivity index (χ0n) is 13.1. The number of rotatable bonds is 5. The van der Waals surface area contributed by atoms with Crippen molar-refractivity contribution in [1.29, 1.82) is 0 Å². The fourth-order valence-electron chi connectivity index (χ4n) is 1.98. The lowest BCUT2D eigenvalue weighted by atomic mass is 10.0. The number of ether oxygens (including phenoxy) is 1. The van der Waals surface area contributed by atoms with Crippen LogP contribution in [-0.4, -0.2) is 30.2 Å². The van der Waals surface area contributed by atoms with Crippen LogP contribution in [0.15, 0.2) is 18.2 Å². The highest BCUT2D eigenvalue weighted by Crippen LogP contribution is 2.18. The van der Waals surface area contributed by atoms with Gasteiger partial charge in [0.2, 0.25) is 5.91 Å². The molecule has 2 N–H and O–H groups in total.